The van der Waals surface area contributed by atoms with Crippen LogP contribution < -0.4 is 5.43 Å². The van der Waals surface area contributed by atoms with E-state index in [4.69, 9.17) is 23.2 Å². The predicted octanol–water partition coefficient (Wildman–Crippen LogP) is 3.55. The molecule has 3 heterocycles. The normalized spacial score (nSPS) is 14.6. The van der Waals surface area contributed by atoms with Gasteiger partial charge in [0.1, 0.15) is 16.1 Å². The molecule has 8 heteroatoms. The molecule has 0 atom stereocenters. The van der Waals surface area contributed by atoms with Gasteiger partial charge in [-0.25, -0.2) is 15.4 Å². The number of carbonyl (C=O) groups is 1. The van der Waals surface area contributed by atoms with Crippen LogP contribution in [0.2, 0.25) is 10.3 Å². The van der Waals surface area contributed by atoms with Crippen molar-refractivity contribution in [1.82, 2.24) is 20.4 Å². The predicted molar refractivity (Wildman–Crippen MR) is 93.3 cm³/mol. The molecule has 24 heavy (non-hydrogen) atoms. The van der Waals surface area contributed by atoms with Crippen molar-refractivity contribution >= 4 is 45.9 Å². The van der Waals surface area contributed by atoms with E-state index in [9.17, 15) is 4.79 Å². The highest BCUT2D eigenvalue weighted by molar-refractivity contribution is 6.32. The number of fused-ring (bicyclic) bond motifs is 1. The minimum absolute atomic E-state index is 0.0601. The van der Waals surface area contributed by atoms with Gasteiger partial charge >= 0.3 is 0 Å². The van der Waals surface area contributed by atoms with Crippen LogP contribution >= 0.6 is 23.2 Å². The molecule has 0 bridgehead atoms. The van der Waals surface area contributed by atoms with E-state index in [1.807, 2.05) is 18.2 Å². The molecule has 0 unspecified atom stereocenters. The molecule has 3 aromatic rings. The first-order chi connectivity index (χ1) is 11.6. The molecule has 0 saturated heterocycles. The second kappa shape index (κ2) is 5.89. The van der Waals surface area contributed by atoms with Crippen molar-refractivity contribution in [3.8, 4) is 11.4 Å². The minimum Gasteiger partial charge on any atom is -0.338 e. The number of hydrazone groups is 1. The van der Waals surface area contributed by atoms with E-state index in [-0.39, 0.29) is 5.91 Å². The van der Waals surface area contributed by atoms with E-state index in [1.54, 1.807) is 12.1 Å². The number of aromatic amines is 1. The van der Waals surface area contributed by atoms with Crippen molar-refractivity contribution in [3.05, 3.63) is 46.2 Å². The summed E-state index contributed by atoms with van der Waals surface area (Å²) in [4.78, 5) is 22.9. The molecule has 120 valence electrons. The number of pyridine rings is 1. The van der Waals surface area contributed by atoms with Crippen LogP contribution in [0.15, 0.2) is 35.4 Å². The fourth-order valence-electron chi connectivity index (χ4n) is 2.61. The number of amides is 1. The van der Waals surface area contributed by atoms with Crippen molar-refractivity contribution in [2.75, 3.05) is 0 Å². The summed E-state index contributed by atoms with van der Waals surface area (Å²) < 4.78 is 0. The Morgan fingerprint density at radius 1 is 0.958 bits per heavy atom. The number of aromatic nitrogens is 3. The Labute approximate surface area is 146 Å². The molecule has 1 amide bonds. The van der Waals surface area contributed by atoms with Gasteiger partial charge in [-0.2, -0.15) is 5.10 Å². The summed E-state index contributed by atoms with van der Waals surface area (Å²) in [6.07, 6.45) is 1.06. The summed E-state index contributed by atoms with van der Waals surface area (Å²) >= 11 is 11.9. The highest BCUT2D eigenvalue weighted by atomic mass is 35.5. The number of nitrogens with zero attached hydrogens (tertiary/aromatic N) is 3. The molecular formula is C16H11Cl2N5O. The summed E-state index contributed by atoms with van der Waals surface area (Å²) in [6, 6.07) is 9.22. The molecule has 4 rings (SSSR count). The maximum atomic E-state index is 11.2. The average molecular weight is 360 g/mol. The molecule has 0 saturated carbocycles. The second-order valence-corrected chi connectivity index (χ2v) is 6.19. The maximum Gasteiger partial charge on any atom is 0.240 e. The Hall–Kier alpha value is -2.44. The largest absolute Gasteiger partial charge is 0.338 e. The maximum absolute atomic E-state index is 11.2. The number of halogens is 2. The van der Waals surface area contributed by atoms with Crippen molar-refractivity contribution in [2.45, 2.75) is 12.8 Å². The molecule has 2 N–H and O–H groups in total. The Balaban J connectivity index is 1.75. The van der Waals surface area contributed by atoms with Gasteiger partial charge in [0.15, 0.2) is 0 Å². The first kappa shape index (κ1) is 15.1. The average Bonchev–Trinajstić information content (AvgIpc) is 2.98. The molecule has 0 fully saturated rings. The fraction of sp³-hybridized carbons (Fsp3) is 0.125. The van der Waals surface area contributed by atoms with Crippen molar-refractivity contribution in [3.63, 3.8) is 0 Å². The van der Waals surface area contributed by atoms with Gasteiger partial charge in [-0.1, -0.05) is 29.3 Å². The molecule has 1 aromatic carbocycles. The lowest BCUT2D eigenvalue weighted by atomic mass is 10.0. The number of hydrogen-bond donors (Lipinski definition) is 2. The topological polar surface area (TPSA) is 83.0 Å². The lowest BCUT2D eigenvalue weighted by Gasteiger charge is -2.11. The number of nitrogens with one attached hydrogen (secondary N) is 2. The van der Waals surface area contributed by atoms with Crippen LogP contribution in [0.4, 0.5) is 0 Å². The highest BCUT2D eigenvalue weighted by Crippen LogP contribution is 2.26. The number of rotatable bonds is 2. The monoisotopic (exact) mass is 359 g/mol. The summed E-state index contributed by atoms with van der Waals surface area (Å²) in [5.74, 6) is 0.599. The summed E-state index contributed by atoms with van der Waals surface area (Å²) in [6.45, 7) is 0. The first-order valence-corrected chi connectivity index (χ1v) is 8.03. The van der Waals surface area contributed by atoms with Gasteiger partial charge in [-0.05, 0) is 29.8 Å². The third-order valence-corrected chi connectivity index (χ3v) is 4.14. The number of H-pyrrole nitrogens is 1. The van der Waals surface area contributed by atoms with Crippen LogP contribution in [0.5, 0.6) is 0 Å². The standard InChI is InChI=1S/C16H11Cl2N5O/c17-13-6-9(7-14(18)21-13)16-19-11-2-1-8(5-12(11)20-16)10-3-4-15(24)23-22-10/h1-2,5-7H,3-4H2,(H,19,20)(H,23,24). The summed E-state index contributed by atoms with van der Waals surface area (Å²) in [5, 5.41) is 4.74. The lowest BCUT2D eigenvalue weighted by Crippen LogP contribution is -2.25. The van der Waals surface area contributed by atoms with Gasteiger partial charge in [0, 0.05) is 18.4 Å². The van der Waals surface area contributed by atoms with Crippen LogP contribution in [0.3, 0.4) is 0 Å². The molecule has 0 spiro atoms. The number of imidazole rings is 1. The van der Waals surface area contributed by atoms with Crippen LogP contribution in [0, 0.1) is 0 Å². The highest BCUT2D eigenvalue weighted by Gasteiger charge is 2.15. The zero-order valence-electron chi connectivity index (χ0n) is 12.3. The third kappa shape index (κ3) is 2.86. The number of carbonyl (C=O) groups excluding carboxylic acids is 1. The zero-order valence-corrected chi connectivity index (χ0v) is 13.8. The van der Waals surface area contributed by atoms with Crippen LogP contribution in [-0.4, -0.2) is 26.6 Å². The van der Waals surface area contributed by atoms with E-state index in [2.05, 4.69) is 25.5 Å². The van der Waals surface area contributed by atoms with E-state index in [0.717, 1.165) is 27.9 Å². The van der Waals surface area contributed by atoms with E-state index < -0.39 is 0 Å². The number of benzene rings is 1. The van der Waals surface area contributed by atoms with E-state index in [1.165, 1.54) is 0 Å². The van der Waals surface area contributed by atoms with E-state index >= 15 is 0 Å². The molecule has 0 radical (unpaired) electrons. The first-order valence-electron chi connectivity index (χ1n) is 7.27. The van der Waals surface area contributed by atoms with Gasteiger partial charge in [0.05, 0.1) is 16.7 Å². The Morgan fingerprint density at radius 2 is 1.75 bits per heavy atom. The molecule has 1 aliphatic heterocycles. The summed E-state index contributed by atoms with van der Waals surface area (Å²) in [7, 11) is 0. The third-order valence-electron chi connectivity index (χ3n) is 3.76. The van der Waals surface area contributed by atoms with Gasteiger partial charge in [0.2, 0.25) is 5.91 Å². The Kier molecular flexibility index (Phi) is 3.70. The van der Waals surface area contributed by atoms with Gasteiger partial charge in [0.25, 0.3) is 0 Å². The Morgan fingerprint density at radius 3 is 2.46 bits per heavy atom. The molecular weight excluding hydrogens is 349 g/mol. The smallest absolute Gasteiger partial charge is 0.240 e. The van der Waals surface area contributed by atoms with Crippen LogP contribution in [-0.2, 0) is 4.79 Å². The molecule has 1 aliphatic rings. The van der Waals surface area contributed by atoms with Crippen LogP contribution in [0.25, 0.3) is 22.4 Å². The van der Waals surface area contributed by atoms with Crippen molar-refractivity contribution < 1.29 is 4.79 Å². The number of hydrogen-bond acceptors (Lipinski definition) is 4. The van der Waals surface area contributed by atoms with Crippen molar-refractivity contribution in [1.29, 1.82) is 0 Å². The van der Waals surface area contributed by atoms with Crippen LogP contribution in [0.1, 0.15) is 18.4 Å². The second-order valence-electron chi connectivity index (χ2n) is 5.41. The molecule has 0 aliphatic carbocycles. The SMILES string of the molecule is O=C1CCC(c2ccc3nc(-c4cc(Cl)nc(Cl)c4)[nH]c3c2)=NN1. The van der Waals surface area contributed by atoms with Gasteiger partial charge in [-0.15, -0.1) is 0 Å². The Bertz CT molecular complexity index is 975. The van der Waals surface area contributed by atoms with E-state index in [0.29, 0.717) is 29.0 Å². The fourth-order valence-corrected chi connectivity index (χ4v) is 3.07. The molecule has 6 nitrogen and oxygen atoms in total. The van der Waals surface area contributed by atoms with Crippen molar-refractivity contribution in [2.24, 2.45) is 5.10 Å². The van der Waals surface area contributed by atoms with Gasteiger partial charge < -0.3 is 4.98 Å². The molecule has 2 aromatic heterocycles. The minimum atomic E-state index is -0.0601. The quantitative estimate of drug-likeness (QED) is 0.686. The van der Waals surface area contributed by atoms with Gasteiger partial charge in [-0.3, -0.25) is 4.79 Å². The lowest BCUT2D eigenvalue weighted by molar-refractivity contribution is -0.121. The summed E-state index contributed by atoms with van der Waals surface area (Å²) in [5.41, 5.74) is 6.75. The zero-order chi connectivity index (χ0) is 16.7.